The Morgan fingerprint density at radius 1 is 1.18 bits per heavy atom. The summed E-state index contributed by atoms with van der Waals surface area (Å²) in [5.74, 6) is 0. The average Bonchev–Trinajstić information content (AvgIpc) is 1.97. The Balaban J connectivity index is 4.29. The molecule has 0 heterocycles. The van der Waals surface area contributed by atoms with E-state index in [9.17, 15) is 0 Å². The molecule has 0 rings (SSSR count). The molecule has 0 aromatic carbocycles. The summed E-state index contributed by atoms with van der Waals surface area (Å²) in [4.78, 5) is 0. The predicted octanol–water partition coefficient (Wildman–Crippen LogP) is 3.63. The van der Waals surface area contributed by atoms with Gasteiger partial charge in [0.2, 0.25) is 0 Å². The highest BCUT2D eigenvalue weighted by atomic mass is 13.8. The van der Waals surface area contributed by atoms with Crippen molar-refractivity contribution in [3.8, 4) is 0 Å². The number of rotatable bonds is 2. The van der Waals surface area contributed by atoms with Crippen molar-refractivity contribution in [3.05, 3.63) is 41.2 Å². The predicted molar refractivity (Wildman–Crippen MR) is 51.5 cm³/mol. The molecule has 11 heavy (non-hydrogen) atoms. The SMILES string of the molecule is C/C=C\C=C(\C)C=C=C(C)C. The first-order valence-electron chi connectivity index (χ1n) is 3.86. The van der Waals surface area contributed by atoms with E-state index in [2.05, 4.69) is 18.7 Å². The summed E-state index contributed by atoms with van der Waals surface area (Å²) < 4.78 is 0. The Hall–Kier alpha value is -1.00. The second-order valence-corrected chi connectivity index (χ2v) is 2.73. The highest BCUT2D eigenvalue weighted by molar-refractivity contribution is 5.21. The molecule has 0 amide bonds. The van der Waals surface area contributed by atoms with Gasteiger partial charge in [0.05, 0.1) is 0 Å². The van der Waals surface area contributed by atoms with Gasteiger partial charge in [0.15, 0.2) is 0 Å². The van der Waals surface area contributed by atoms with Crippen LogP contribution < -0.4 is 0 Å². The molecule has 0 heteroatoms. The van der Waals surface area contributed by atoms with E-state index in [0.29, 0.717) is 0 Å². The van der Waals surface area contributed by atoms with Gasteiger partial charge in [-0.05, 0) is 44.9 Å². The minimum Gasteiger partial charge on any atom is -0.122 e. The molecule has 0 aliphatic rings. The topological polar surface area (TPSA) is 0 Å². The van der Waals surface area contributed by atoms with Gasteiger partial charge in [-0.2, -0.15) is 0 Å². The van der Waals surface area contributed by atoms with Gasteiger partial charge >= 0.3 is 0 Å². The van der Waals surface area contributed by atoms with Crippen LogP contribution in [0.2, 0.25) is 0 Å². The van der Waals surface area contributed by atoms with Crippen LogP contribution in [0, 0.1) is 0 Å². The van der Waals surface area contributed by atoms with Crippen molar-refractivity contribution in [2.45, 2.75) is 27.7 Å². The Kier molecular flexibility index (Phi) is 5.24. The minimum atomic E-state index is 1.21. The Bertz CT molecular complexity index is 216. The second-order valence-electron chi connectivity index (χ2n) is 2.73. The van der Waals surface area contributed by atoms with Crippen LogP contribution >= 0.6 is 0 Å². The van der Waals surface area contributed by atoms with E-state index in [0.717, 1.165) is 0 Å². The second kappa shape index (κ2) is 5.76. The summed E-state index contributed by atoms with van der Waals surface area (Å²) >= 11 is 0. The molecule has 0 aliphatic heterocycles. The van der Waals surface area contributed by atoms with Gasteiger partial charge in [-0.25, -0.2) is 0 Å². The van der Waals surface area contributed by atoms with E-state index in [4.69, 9.17) is 0 Å². The largest absolute Gasteiger partial charge is 0.122 e. The zero-order valence-electron chi connectivity index (χ0n) is 7.81. The van der Waals surface area contributed by atoms with Crippen molar-refractivity contribution in [2.24, 2.45) is 0 Å². The number of hydrogen-bond acceptors (Lipinski definition) is 0. The summed E-state index contributed by atoms with van der Waals surface area (Å²) in [5.41, 5.74) is 5.58. The molecule has 0 aromatic heterocycles. The van der Waals surface area contributed by atoms with Crippen LogP contribution in [0.4, 0.5) is 0 Å². The van der Waals surface area contributed by atoms with Crippen molar-refractivity contribution in [3.63, 3.8) is 0 Å². The molecule has 0 N–H and O–H groups in total. The van der Waals surface area contributed by atoms with Gasteiger partial charge in [-0.15, -0.1) is 5.73 Å². The first-order chi connectivity index (χ1) is 5.16. The fourth-order valence-electron chi connectivity index (χ4n) is 0.554. The molecule has 0 atom stereocenters. The summed E-state index contributed by atoms with van der Waals surface area (Å²) in [5, 5.41) is 0. The molecule has 0 bridgehead atoms. The highest BCUT2D eigenvalue weighted by Crippen LogP contribution is 1.95. The maximum atomic E-state index is 3.14. The summed E-state index contributed by atoms with van der Waals surface area (Å²) in [6, 6.07) is 0. The molecular weight excluding hydrogens is 132 g/mol. The van der Waals surface area contributed by atoms with Gasteiger partial charge in [-0.1, -0.05) is 18.2 Å². The van der Waals surface area contributed by atoms with Crippen LogP contribution in [0.15, 0.2) is 41.2 Å². The first kappa shape index (κ1) is 10.0. The fourth-order valence-corrected chi connectivity index (χ4v) is 0.554. The Morgan fingerprint density at radius 2 is 1.82 bits per heavy atom. The summed E-state index contributed by atoms with van der Waals surface area (Å²) in [7, 11) is 0. The molecule has 0 saturated heterocycles. The van der Waals surface area contributed by atoms with E-state index in [1.807, 2.05) is 39.0 Å². The van der Waals surface area contributed by atoms with E-state index in [1.165, 1.54) is 11.1 Å². The van der Waals surface area contributed by atoms with Gasteiger partial charge in [-0.3, -0.25) is 0 Å². The quantitative estimate of drug-likeness (QED) is 0.414. The lowest BCUT2D eigenvalue weighted by molar-refractivity contribution is 1.40. The number of allylic oxidation sites excluding steroid dienone is 5. The van der Waals surface area contributed by atoms with E-state index >= 15 is 0 Å². The van der Waals surface area contributed by atoms with Crippen LogP contribution in [0.1, 0.15) is 27.7 Å². The standard InChI is InChI=1S/C11H16/c1-5-6-7-11(4)9-8-10(2)3/h5-7,9H,1-4H3/b6-5-,11-7-. The molecule has 0 aromatic rings. The van der Waals surface area contributed by atoms with Crippen LogP contribution in [-0.2, 0) is 0 Å². The third-order valence-electron chi connectivity index (χ3n) is 1.14. The van der Waals surface area contributed by atoms with Gasteiger partial charge in [0, 0.05) is 0 Å². The van der Waals surface area contributed by atoms with E-state index in [-0.39, 0.29) is 0 Å². The van der Waals surface area contributed by atoms with Crippen molar-refractivity contribution >= 4 is 0 Å². The molecule has 0 fully saturated rings. The highest BCUT2D eigenvalue weighted by Gasteiger charge is 1.75. The molecule has 0 spiro atoms. The van der Waals surface area contributed by atoms with Crippen molar-refractivity contribution in [2.75, 3.05) is 0 Å². The average molecular weight is 148 g/mol. The third kappa shape index (κ3) is 6.89. The van der Waals surface area contributed by atoms with Gasteiger partial charge in [0.25, 0.3) is 0 Å². The molecule has 0 nitrogen and oxygen atoms in total. The Labute approximate surface area is 69.6 Å². The normalized spacial score (nSPS) is 11.5. The van der Waals surface area contributed by atoms with Gasteiger partial charge < -0.3 is 0 Å². The minimum absolute atomic E-state index is 1.21. The van der Waals surface area contributed by atoms with Crippen LogP contribution in [0.5, 0.6) is 0 Å². The zero-order valence-corrected chi connectivity index (χ0v) is 7.81. The molecule has 0 radical (unpaired) electrons. The van der Waals surface area contributed by atoms with Crippen LogP contribution in [0.3, 0.4) is 0 Å². The lowest BCUT2D eigenvalue weighted by Crippen LogP contribution is -1.64. The smallest absolute Gasteiger partial charge is 0.0171 e. The molecule has 0 saturated carbocycles. The van der Waals surface area contributed by atoms with Crippen molar-refractivity contribution < 1.29 is 0 Å². The van der Waals surface area contributed by atoms with Crippen molar-refractivity contribution in [1.29, 1.82) is 0 Å². The maximum absolute atomic E-state index is 3.14. The molecule has 0 unspecified atom stereocenters. The monoisotopic (exact) mass is 148 g/mol. The van der Waals surface area contributed by atoms with Crippen molar-refractivity contribution in [1.82, 2.24) is 0 Å². The number of hydrogen-bond donors (Lipinski definition) is 0. The van der Waals surface area contributed by atoms with E-state index < -0.39 is 0 Å². The lowest BCUT2D eigenvalue weighted by atomic mass is 10.2. The molecular formula is C11H16. The Morgan fingerprint density at radius 3 is 2.27 bits per heavy atom. The van der Waals surface area contributed by atoms with Crippen LogP contribution in [-0.4, -0.2) is 0 Å². The zero-order chi connectivity index (χ0) is 8.69. The lowest BCUT2D eigenvalue weighted by Gasteiger charge is -1.84. The third-order valence-corrected chi connectivity index (χ3v) is 1.14. The summed E-state index contributed by atoms with van der Waals surface area (Å²) in [6.45, 7) is 8.16. The maximum Gasteiger partial charge on any atom is -0.0171 e. The molecule has 0 aliphatic carbocycles. The fraction of sp³-hybridized carbons (Fsp3) is 0.364. The van der Waals surface area contributed by atoms with Crippen LogP contribution in [0.25, 0.3) is 0 Å². The first-order valence-corrected chi connectivity index (χ1v) is 3.86. The van der Waals surface area contributed by atoms with E-state index in [1.54, 1.807) is 0 Å². The molecule has 60 valence electrons. The van der Waals surface area contributed by atoms with Gasteiger partial charge in [0.1, 0.15) is 0 Å². The summed E-state index contributed by atoms with van der Waals surface area (Å²) in [6.07, 6.45) is 8.10.